The molecule has 4 N–H and O–H groups in total. The number of carboxylic acids is 1. The number of carbonyl (C=O) groups excluding carboxylic acids is 1. The Bertz CT molecular complexity index is 1750. The van der Waals surface area contributed by atoms with Gasteiger partial charge in [0.15, 0.2) is 0 Å². The maximum Gasteiger partial charge on any atom is 0.411 e. The topological polar surface area (TPSA) is 123 Å². The Morgan fingerprint density at radius 1 is 0.936 bits per heavy atom. The molecule has 11 heteroatoms. The van der Waals surface area contributed by atoms with Crippen molar-refractivity contribution in [3.05, 3.63) is 108 Å². The lowest BCUT2D eigenvalue weighted by atomic mass is 9.83. The van der Waals surface area contributed by atoms with Crippen molar-refractivity contribution in [1.82, 2.24) is 4.31 Å². The van der Waals surface area contributed by atoms with E-state index in [1.807, 2.05) is 53.4 Å². The Morgan fingerprint density at radius 2 is 1.62 bits per heavy atom. The van der Waals surface area contributed by atoms with Crippen LogP contribution in [0.2, 0.25) is 0 Å². The number of nitrogens with zero attached hydrogens (tertiary/aromatic N) is 2. The number of carboxylic acid groups (broad SMARTS) is 1. The molecule has 0 radical (unpaired) electrons. The number of amides is 1. The van der Waals surface area contributed by atoms with Crippen molar-refractivity contribution < 1.29 is 32.9 Å². The van der Waals surface area contributed by atoms with Crippen molar-refractivity contribution in [2.45, 2.75) is 49.6 Å². The monoisotopic (exact) mass is 659 g/mol. The highest BCUT2D eigenvalue weighted by molar-refractivity contribution is 8.22. The second-order valence-electron chi connectivity index (χ2n) is 12.0. The van der Waals surface area contributed by atoms with Gasteiger partial charge in [0.2, 0.25) is 0 Å². The fourth-order valence-electron chi connectivity index (χ4n) is 6.62. The average Bonchev–Trinajstić information content (AvgIpc) is 3.16. The molecule has 1 heterocycles. The van der Waals surface area contributed by atoms with Gasteiger partial charge in [-0.2, -0.15) is 4.31 Å². The zero-order valence-corrected chi connectivity index (χ0v) is 26.8. The first-order chi connectivity index (χ1) is 22.6. The molecule has 9 nitrogen and oxygen atoms in total. The van der Waals surface area contributed by atoms with Crippen LogP contribution in [0.5, 0.6) is 0 Å². The maximum atomic E-state index is 16.2. The summed E-state index contributed by atoms with van der Waals surface area (Å²) in [4.78, 5) is 26.9. The second kappa shape index (κ2) is 13.7. The van der Waals surface area contributed by atoms with Crippen molar-refractivity contribution in [1.29, 1.82) is 0 Å². The van der Waals surface area contributed by atoms with E-state index in [4.69, 9.17) is 4.74 Å². The lowest BCUT2D eigenvalue weighted by Crippen LogP contribution is -2.45. The summed E-state index contributed by atoms with van der Waals surface area (Å²) in [5, 5.41) is 12.5. The van der Waals surface area contributed by atoms with E-state index in [0.29, 0.717) is 12.2 Å². The molecule has 1 amide bonds. The summed E-state index contributed by atoms with van der Waals surface area (Å²) < 4.78 is 46.8. The van der Waals surface area contributed by atoms with Crippen LogP contribution in [0.4, 0.5) is 26.2 Å². The lowest BCUT2D eigenvalue weighted by molar-refractivity contribution is 0.0698. The lowest BCUT2D eigenvalue weighted by Gasteiger charge is -2.46. The molecule has 47 heavy (non-hydrogen) atoms. The number of nitrogens with one attached hydrogen (secondary N) is 1. The van der Waals surface area contributed by atoms with Gasteiger partial charge in [0.05, 0.1) is 21.8 Å². The Hall–Kier alpha value is -4.42. The first-order valence-corrected chi connectivity index (χ1v) is 17.2. The van der Waals surface area contributed by atoms with E-state index in [1.54, 1.807) is 23.5 Å². The smallest absolute Gasteiger partial charge is 0.411 e. The van der Waals surface area contributed by atoms with E-state index in [0.717, 1.165) is 43.4 Å². The molecule has 246 valence electrons. The van der Waals surface area contributed by atoms with Crippen molar-refractivity contribution in [3.8, 4) is 11.1 Å². The summed E-state index contributed by atoms with van der Waals surface area (Å²) in [6, 6.07) is 25.2. The van der Waals surface area contributed by atoms with E-state index in [2.05, 4.69) is 5.32 Å². The van der Waals surface area contributed by atoms with Crippen LogP contribution in [-0.2, 0) is 11.3 Å². The van der Waals surface area contributed by atoms with E-state index >= 15 is 4.39 Å². The molecule has 1 atom stereocenters. The number of anilines is 3. The van der Waals surface area contributed by atoms with Gasteiger partial charge in [0, 0.05) is 37.0 Å². The standard InChI is InChI=1S/C36H38FN3O6S/c1-39-33(25-13-7-3-8-14-25)22-40(27-15-9-4-10-16-27)32-21-30(37)28(20-34(32)47(39,44)45)26-17-18-31(29(19-26)35(41)42)38-36(43)46-23-24-11-5-2-6-12-24/h2,4-6,9-12,15-21,25,33,44-45H,3,7-8,13-14,22-23H2,1H3,(H,38,43)(H,41,42). The summed E-state index contributed by atoms with van der Waals surface area (Å²) >= 11 is 0. The molecule has 1 unspecified atom stereocenters. The Morgan fingerprint density at radius 3 is 2.30 bits per heavy atom. The zero-order valence-electron chi connectivity index (χ0n) is 26.0. The van der Waals surface area contributed by atoms with Gasteiger partial charge in [-0.3, -0.25) is 14.4 Å². The van der Waals surface area contributed by atoms with Crippen molar-refractivity contribution in [3.63, 3.8) is 0 Å². The largest absolute Gasteiger partial charge is 0.478 e. The van der Waals surface area contributed by atoms with E-state index in [9.17, 15) is 23.8 Å². The minimum absolute atomic E-state index is 0.00181. The average molecular weight is 660 g/mol. The van der Waals surface area contributed by atoms with Crippen LogP contribution < -0.4 is 10.2 Å². The number of para-hydroxylation sites is 1. The normalized spacial score (nSPS) is 18.9. The van der Waals surface area contributed by atoms with Crippen LogP contribution in [-0.4, -0.2) is 50.2 Å². The van der Waals surface area contributed by atoms with Gasteiger partial charge in [-0.15, -0.1) is 10.8 Å². The van der Waals surface area contributed by atoms with Gasteiger partial charge >= 0.3 is 12.1 Å². The molecule has 0 aromatic heterocycles. The van der Waals surface area contributed by atoms with Crippen molar-refractivity contribution >= 4 is 39.9 Å². The first-order valence-electron chi connectivity index (χ1n) is 15.7. The number of hydrogen-bond donors (Lipinski definition) is 4. The molecule has 2 aliphatic rings. The fourth-order valence-corrected chi connectivity index (χ4v) is 8.28. The Kier molecular flexibility index (Phi) is 9.51. The van der Waals surface area contributed by atoms with Crippen LogP contribution in [0.15, 0.2) is 95.9 Å². The number of aromatic carboxylic acids is 1. The third-order valence-electron chi connectivity index (χ3n) is 9.15. The van der Waals surface area contributed by atoms with E-state index in [1.165, 1.54) is 30.3 Å². The maximum absolute atomic E-state index is 16.2. The Balaban J connectivity index is 1.37. The number of carbonyl (C=O) groups is 2. The van der Waals surface area contributed by atoms with Gasteiger partial charge in [0.25, 0.3) is 0 Å². The number of fused-ring (bicyclic) bond motifs is 1. The molecule has 4 aromatic rings. The first kappa shape index (κ1) is 32.5. The van der Waals surface area contributed by atoms with Crippen molar-refractivity contribution in [2.24, 2.45) is 5.92 Å². The van der Waals surface area contributed by atoms with Crippen LogP contribution >= 0.6 is 10.8 Å². The molecule has 0 saturated heterocycles. The highest BCUT2D eigenvalue weighted by Gasteiger charge is 2.41. The summed E-state index contributed by atoms with van der Waals surface area (Å²) in [6.45, 7) is 0.437. The third-order valence-corrected chi connectivity index (χ3v) is 11.1. The molecule has 0 spiro atoms. The Labute approximate surface area is 275 Å². The minimum atomic E-state index is -3.59. The molecular weight excluding hydrogens is 621 g/mol. The fraction of sp³-hybridized carbons (Fsp3) is 0.278. The zero-order chi connectivity index (χ0) is 33.1. The third kappa shape index (κ3) is 6.84. The molecule has 6 rings (SSSR count). The highest BCUT2D eigenvalue weighted by atomic mass is 32.3. The molecule has 1 fully saturated rings. The van der Waals surface area contributed by atoms with Crippen molar-refractivity contribution in [2.75, 3.05) is 23.8 Å². The van der Waals surface area contributed by atoms with Gasteiger partial charge < -0.3 is 14.7 Å². The van der Waals surface area contributed by atoms with Gasteiger partial charge in [-0.25, -0.2) is 14.0 Å². The number of likely N-dealkylation sites (N-methyl/N-ethyl adjacent to an activating group) is 1. The van der Waals surface area contributed by atoms with Crippen LogP contribution in [0, 0.1) is 11.7 Å². The number of rotatable bonds is 7. The predicted octanol–water partition coefficient (Wildman–Crippen LogP) is 9.00. The van der Waals surface area contributed by atoms with Gasteiger partial charge in [-0.1, -0.05) is 73.9 Å². The second-order valence-corrected chi connectivity index (χ2v) is 14.1. The van der Waals surface area contributed by atoms with E-state index < -0.39 is 28.7 Å². The molecule has 0 bridgehead atoms. The molecular formula is C36H38FN3O6S. The summed E-state index contributed by atoms with van der Waals surface area (Å²) in [5.41, 5.74) is 1.81. The van der Waals surface area contributed by atoms with E-state index in [-0.39, 0.29) is 45.8 Å². The predicted molar refractivity (Wildman–Crippen MR) is 182 cm³/mol. The summed E-state index contributed by atoms with van der Waals surface area (Å²) in [6.07, 6.45) is 4.41. The summed E-state index contributed by atoms with van der Waals surface area (Å²) in [5.74, 6) is -1.75. The summed E-state index contributed by atoms with van der Waals surface area (Å²) in [7, 11) is -1.87. The van der Waals surface area contributed by atoms with Crippen LogP contribution in [0.3, 0.4) is 0 Å². The molecule has 4 aromatic carbocycles. The minimum Gasteiger partial charge on any atom is -0.478 e. The highest BCUT2D eigenvalue weighted by Crippen LogP contribution is 2.60. The number of hydrogen-bond acceptors (Lipinski definition) is 7. The molecule has 1 saturated carbocycles. The number of benzene rings is 4. The number of halogens is 1. The quantitative estimate of drug-likeness (QED) is 0.155. The van der Waals surface area contributed by atoms with Crippen LogP contribution in [0.1, 0.15) is 48.0 Å². The number of ether oxygens (including phenoxy) is 1. The molecule has 1 aliphatic carbocycles. The molecule has 1 aliphatic heterocycles. The van der Waals surface area contributed by atoms with Gasteiger partial charge in [-0.05, 0) is 60.2 Å². The van der Waals surface area contributed by atoms with Crippen LogP contribution in [0.25, 0.3) is 11.1 Å². The SMILES string of the molecule is CN1C(C2CCCCC2)CN(c2ccccc2)c2cc(F)c(-c3ccc(NC(=O)OCc4ccccc4)c(C(=O)O)c3)cc2S1(O)O. The van der Waals surface area contributed by atoms with Gasteiger partial charge in [0.1, 0.15) is 12.4 Å².